The maximum Gasteiger partial charge on any atom is 0.254 e. The second-order valence-electron chi connectivity index (χ2n) is 7.16. The van der Waals surface area contributed by atoms with Crippen molar-refractivity contribution in [2.75, 3.05) is 32.7 Å². The first-order chi connectivity index (χ1) is 12.3. The molecule has 144 valence electrons. The van der Waals surface area contributed by atoms with Gasteiger partial charge in [0.2, 0.25) is 10.0 Å². The number of nitrogens with zero attached hydrogens (tertiary/aromatic N) is 2. The third kappa shape index (κ3) is 3.93. The van der Waals surface area contributed by atoms with Crippen LogP contribution in [0, 0.1) is 0 Å². The number of morpholine rings is 1. The van der Waals surface area contributed by atoms with Crippen LogP contribution in [0.4, 0.5) is 0 Å². The Kier molecular flexibility index (Phi) is 5.67. The van der Waals surface area contributed by atoms with Gasteiger partial charge in [-0.1, -0.05) is 6.07 Å². The maximum atomic E-state index is 13.0. The molecular weight excluding hydrogens is 354 g/mol. The normalized spacial score (nSPS) is 28.1. The molecule has 8 heteroatoms. The maximum absolute atomic E-state index is 13.0. The lowest BCUT2D eigenvalue weighted by Gasteiger charge is -2.35. The first kappa shape index (κ1) is 19.3. The summed E-state index contributed by atoms with van der Waals surface area (Å²) in [5, 5.41) is 3.25. The van der Waals surface area contributed by atoms with Crippen LogP contribution in [0.2, 0.25) is 0 Å². The summed E-state index contributed by atoms with van der Waals surface area (Å²) in [6, 6.07) is 6.45. The Morgan fingerprint density at radius 2 is 1.88 bits per heavy atom. The van der Waals surface area contributed by atoms with Crippen LogP contribution < -0.4 is 5.32 Å². The zero-order valence-electron chi connectivity index (χ0n) is 15.5. The lowest BCUT2D eigenvalue weighted by Crippen LogP contribution is -2.52. The number of carbonyl (C=O) groups excluding carboxylic acids is 1. The summed E-state index contributed by atoms with van der Waals surface area (Å²) in [5.74, 6) is -0.125. The van der Waals surface area contributed by atoms with Gasteiger partial charge in [0, 0.05) is 44.3 Å². The van der Waals surface area contributed by atoms with Crippen molar-refractivity contribution in [2.45, 2.75) is 43.9 Å². The number of hydrogen-bond donors (Lipinski definition) is 1. The summed E-state index contributed by atoms with van der Waals surface area (Å²) in [6.07, 6.45) is -0.305. The Labute approximate surface area is 155 Å². The molecule has 26 heavy (non-hydrogen) atoms. The van der Waals surface area contributed by atoms with Gasteiger partial charge in [-0.15, -0.1) is 0 Å². The van der Waals surface area contributed by atoms with Crippen molar-refractivity contribution in [3.63, 3.8) is 0 Å². The molecule has 2 fully saturated rings. The quantitative estimate of drug-likeness (QED) is 0.842. The molecule has 0 spiro atoms. The fraction of sp³-hybridized carbons (Fsp3) is 0.611. The van der Waals surface area contributed by atoms with E-state index in [2.05, 4.69) is 5.32 Å². The van der Waals surface area contributed by atoms with Crippen LogP contribution in [-0.2, 0) is 14.8 Å². The van der Waals surface area contributed by atoms with E-state index < -0.39 is 10.0 Å². The molecule has 2 unspecified atom stereocenters. The molecule has 2 aliphatic rings. The number of sulfonamides is 1. The molecule has 0 aromatic heterocycles. The van der Waals surface area contributed by atoms with E-state index in [0.29, 0.717) is 25.2 Å². The fourth-order valence-corrected chi connectivity index (χ4v) is 5.21. The molecule has 2 aliphatic heterocycles. The summed E-state index contributed by atoms with van der Waals surface area (Å²) in [7, 11) is -3.66. The Hall–Kier alpha value is -1.48. The summed E-state index contributed by atoms with van der Waals surface area (Å²) in [4.78, 5) is 14.8. The molecule has 2 saturated heterocycles. The average Bonchev–Trinajstić information content (AvgIpc) is 2.61. The van der Waals surface area contributed by atoms with Crippen LogP contribution in [0.15, 0.2) is 29.2 Å². The zero-order chi connectivity index (χ0) is 18.9. The number of carbonyl (C=O) groups is 1. The highest BCUT2D eigenvalue weighted by molar-refractivity contribution is 7.89. The molecule has 0 radical (unpaired) electrons. The first-order valence-corrected chi connectivity index (χ1v) is 10.5. The van der Waals surface area contributed by atoms with Gasteiger partial charge in [-0.2, -0.15) is 4.31 Å². The topological polar surface area (TPSA) is 79.0 Å². The number of amides is 1. The smallest absolute Gasteiger partial charge is 0.254 e. The molecule has 1 aromatic carbocycles. The van der Waals surface area contributed by atoms with Crippen molar-refractivity contribution in [2.24, 2.45) is 0 Å². The van der Waals surface area contributed by atoms with Crippen LogP contribution in [-0.4, -0.2) is 74.5 Å². The molecule has 3 rings (SSSR count). The molecule has 7 nitrogen and oxygen atoms in total. The fourth-order valence-electron chi connectivity index (χ4n) is 3.57. The van der Waals surface area contributed by atoms with Gasteiger partial charge >= 0.3 is 0 Å². The largest absolute Gasteiger partial charge is 0.373 e. The third-order valence-electron chi connectivity index (χ3n) is 4.87. The molecule has 2 heterocycles. The number of piperazine rings is 1. The second kappa shape index (κ2) is 7.64. The monoisotopic (exact) mass is 381 g/mol. The van der Waals surface area contributed by atoms with E-state index in [1.807, 2.05) is 20.8 Å². The van der Waals surface area contributed by atoms with Crippen molar-refractivity contribution < 1.29 is 17.9 Å². The average molecular weight is 381 g/mol. The van der Waals surface area contributed by atoms with Gasteiger partial charge in [0.1, 0.15) is 0 Å². The summed E-state index contributed by atoms with van der Waals surface area (Å²) >= 11 is 0. The van der Waals surface area contributed by atoms with Gasteiger partial charge in [-0.3, -0.25) is 4.79 Å². The second-order valence-corrected chi connectivity index (χ2v) is 9.10. The predicted octanol–water partition coefficient (Wildman–Crippen LogP) is 0.918. The molecule has 1 aromatic rings. The Morgan fingerprint density at radius 3 is 2.54 bits per heavy atom. The third-order valence-corrected chi connectivity index (χ3v) is 6.69. The number of rotatable bonds is 3. The van der Waals surface area contributed by atoms with E-state index in [0.717, 1.165) is 13.1 Å². The molecule has 3 atom stereocenters. The van der Waals surface area contributed by atoms with Crippen LogP contribution in [0.5, 0.6) is 0 Å². The molecule has 0 saturated carbocycles. The highest BCUT2D eigenvalue weighted by Gasteiger charge is 2.33. The van der Waals surface area contributed by atoms with E-state index in [9.17, 15) is 13.2 Å². The Balaban J connectivity index is 1.85. The number of nitrogens with one attached hydrogen (secondary N) is 1. The minimum absolute atomic E-state index is 0.0810. The molecular formula is C18H27N3O4S. The van der Waals surface area contributed by atoms with Crippen LogP contribution >= 0.6 is 0 Å². The van der Waals surface area contributed by atoms with Crippen molar-refractivity contribution in [1.82, 2.24) is 14.5 Å². The Morgan fingerprint density at radius 1 is 1.19 bits per heavy atom. The van der Waals surface area contributed by atoms with E-state index >= 15 is 0 Å². The van der Waals surface area contributed by atoms with Crippen LogP contribution in [0.1, 0.15) is 31.1 Å². The molecule has 1 N–H and O–H groups in total. The number of ether oxygens (including phenoxy) is 1. The molecule has 1 amide bonds. The number of benzene rings is 1. The van der Waals surface area contributed by atoms with Crippen molar-refractivity contribution in [3.05, 3.63) is 29.8 Å². The first-order valence-electron chi connectivity index (χ1n) is 9.06. The SMILES string of the molecule is CC1CN(S(=O)(=O)c2cccc(C(=O)N3CCNC[C@@H]3C)c2)CC(C)O1. The van der Waals surface area contributed by atoms with E-state index in [1.165, 1.54) is 10.4 Å². The van der Waals surface area contributed by atoms with Crippen LogP contribution in [0.25, 0.3) is 0 Å². The highest BCUT2D eigenvalue weighted by Crippen LogP contribution is 2.22. The van der Waals surface area contributed by atoms with E-state index in [1.54, 1.807) is 23.1 Å². The predicted molar refractivity (Wildman–Crippen MR) is 98.6 cm³/mol. The van der Waals surface area contributed by atoms with Gasteiger partial charge in [0.05, 0.1) is 17.1 Å². The van der Waals surface area contributed by atoms with Crippen molar-refractivity contribution in [1.29, 1.82) is 0 Å². The highest BCUT2D eigenvalue weighted by atomic mass is 32.2. The summed E-state index contributed by atoms with van der Waals surface area (Å²) < 4.78 is 33.1. The van der Waals surface area contributed by atoms with E-state index in [-0.39, 0.29) is 29.1 Å². The molecule has 0 aliphatic carbocycles. The minimum atomic E-state index is -3.66. The van der Waals surface area contributed by atoms with Crippen molar-refractivity contribution in [3.8, 4) is 0 Å². The summed E-state index contributed by atoms with van der Waals surface area (Å²) in [6.45, 7) is 8.47. The van der Waals surface area contributed by atoms with Gasteiger partial charge in [-0.05, 0) is 39.0 Å². The van der Waals surface area contributed by atoms with Gasteiger partial charge in [0.25, 0.3) is 5.91 Å². The van der Waals surface area contributed by atoms with Gasteiger partial charge in [-0.25, -0.2) is 8.42 Å². The lowest BCUT2D eigenvalue weighted by molar-refractivity contribution is -0.0440. The zero-order valence-corrected chi connectivity index (χ0v) is 16.3. The van der Waals surface area contributed by atoms with E-state index in [4.69, 9.17) is 4.74 Å². The standard InChI is InChI=1S/C18H27N3O4S/c1-13-10-19-7-8-21(13)18(22)16-5-4-6-17(9-16)26(23,24)20-11-14(2)25-15(3)12-20/h4-6,9,13-15,19H,7-8,10-12H2,1-3H3/t13-,14?,15?/m0/s1. The van der Waals surface area contributed by atoms with Gasteiger partial charge in [0.15, 0.2) is 0 Å². The minimum Gasteiger partial charge on any atom is -0.373 e. The molecule has 0 bridgehead atoms. The lowest BCUT2D eigenvalue weighted by atomic mass is 10.1. The summed E-state index contributed by atoms with van der Waals surface area (Å²) in [5.41, 5.74) is 0.411. The van der Waals surface area contributed by atoms with Gasteiger partial charge < -0.3 is 15.0 Å². The Bertz CT molecular complexity index is 757. The van der Waals surface area contributed by atoms with Crippen molar-refractivity contribution >= 4 is 15.9 Å². The van der Waals surface area contributed by atoms with Crippen LogP contribution in [0.3, 0.4) is 0 Å². The number of hydrogen-bond acceptors (Lipinski definition) is 5.